The van der Waals surface area contributed by atoms with Crippen LogP contribution in [-0.2, 0) is 17.6 Å². The van der Waals surface area contributed by atoms with Crippen LogP contribution in [0, 0.1) is 13.8 Å². The quantitative estimate of drug-likeness (QED) is 0.637. The number of nitrogens with one attached hydrogen (secondary N) is 2. The van der Waals surface area contributed by atoms with E-state index in [1.54, 1.807) is 6.20 Å². The van der Waals surface area contributed by atoms with E-state index in [0.29, 0.717) is 12.1 Å². The van der Waals surface area contributed by atoms with Crippen molar-refractivity contribution in [1.82, 2.24) is 4.98 Å². The van der Waals surface area contributed by atoms with Crippen molar-refractivity contribution in [1.29, 1.82) is 0 Å². The maximum atomic E-state index is 12.2. The molecule has 1 amide bonds. The molecule has 2 aromatic carbocycles. The van der Waals surface area contributed by atoms with Gasteiger partial charge in [-0.2, -0.15) is 0 Å². The van der Waals surface area contributed by atoms with E-state index in [1.807, 2.05) is 43.3 Å². The molecule has 2 N–H and O–H groups in total. The zero-order valence-corrected chi connectivity index (χ0v) is 16.0. The molecule has 0 saturated carbocycles. The van der Waals surface area contributed by atoms with Crippen LogP contribution in [-0.4, -0.2) is 10.9 Å². The number of pyridine rings is 1. The zero-order chi connectivity index (χ0) is 19.2. The van der Waals surface area contributed by atoms with Crippen LogP contribution in [0.2, 0.25) is 0 Å². The van der Waals surface area contributed by atoms with Gasteiger partial charge in [0, 0.05) is 5.69 Å². The molecule has 4 nitrogen and oxygen atoms in total. The Bertz CT molecular complexity index is 915. The van der Waals surface area contributed by atoms with Crippen molar-refractivity contribution in [3.63, 3.8) is 0 Å². The van der Waals surface area contributed by atoms with Crippen molar-refractivity contribution >= 4 is 23.1 Å². The molecular weight excluding hydrogens is 334 g/mol. The molecule has 4 heteroatoms. The second-order valence-corrected chi connectivity index (χ2v) is 6.73. The van der Waals surface area contributed by atoms with Gasteiger partial charge >= 0.3 is 0 Å². The molecule has 0 fully saturated rings. The third-order valence-corrected chi connectivity index (χ3v) is 4.53. The van der Waals surface area contributed by atoms with Crippen molar-refractivity contribution in [3.8, 4) is 0 Å². The number of amides is 1. The number of carbonyl (C=O) groups is 1. The molecular formula is C23H25N3O. The van der Waals surface area contributed by atoms with Gasteiger partial charge in [0.25, 0.3) is 0 Å². The number of benzene rings is 2. The highest BCUT2D eigenvalue weighted by atomic mass is 16.1. The first-order valence-electron chi connectivity index (χ1n) is 9.22. The van der Waals surface area contributed by atoms with Crippen molar-refractivity contribution in [2.24, 2.45) is 0 Å². The van der Waals surface area contributed by atoms with E-state index < -0.39 is 0 Å². The summed E-state index contributed by atoms with van der Waals surface area (Å²) >= 11 is 0. The molecule has 0 aliphatic heterocycles. The monoisotopic (exact) mass is 359 g/mol. The Morgan fingerprint density at radius 1 is 1.00 bits per heavy atom. The normalized spacial score (nSPS) is 10.5. The maximum Gasteiger partial charge on any atom is 0.228 e. The van der Waals surface area contributed by atoms with E-state index in [-0.39, 0.29) is 5.91 Å². The predicted molar refractivity (Wildman–Crippen MR) is 112 cm³/mol. The predicted octanol–water partition coefficient (Wildman–Crippen LogP) is 5.19. The molecule has 0 saturated heterocycles. The second kappa shape index (κ2) is 8.49. The summed E-state index contributed by atoms with van der Waals surface area (Å²) < 4.78 is 0. The fourth-order valence-corrected chi connectivity index (χ4v) is 2.97. The van der Waals surface area contributed by atoms with Gasteiger partial charge in [0.05, 0.1) is 18.3 Å². The van der Waals surface area contributed by atoms with E-state index in [9.17, 15) is 4.79 Å². The van der Waals surface area contributed by atoms with Crippen molar-refractivity contribution in [3.05, 3.63) is 83.0 Å². The van der Waals surface area contributed by atoms with Crippen molar-refractivity contribution < 1.29 is 4.79 Å². The number of carbonyl (C=O) groups excluding carboxylic acids is 1. The number of rotatable bonds is 6. The average Bonchev–Trinajstić information content (AvgIpc) is 2.66. The van der Waals surface area contributed by atoms with Crippen molar-refractivity contribution in [2.45, 2.75) is 33.6 Å². The molecule has 0 bridgehead atoms. The first kappa shape index (κ1) is 18.6. The summed E-state index contributed by atoms with van der Waals surface area (Å²) in [6.07, 6.45) is 2.99. The van der Waals surface area contributed by atoms with Gasteiger partial charge in [-0.1, -0.05) is 55.0 Å². The summed E-state index contributed by atoms with van der Waals surface area (Å²) in [6.45, 7) is 6.26. The molecule has 3 aromatic rings. The third-order valence-electron chi connectivity index (χ3n) is 4.53. The summed E-state index contributed by atoms with van der Waals surface area (Å²) in [6, 6.07) is 18.0. The Kier molecular flexibility index (Phi) is 5.87. The van der Waals surface area contributed by atoms with Crippen LogP contribution in [0.15, 0.2) is 60.8 Å². The smallest absolute Gasteiger partial charge is 0.228 e. The Morgan fingerprint density at radius 3 is 2.44 bits per heavy atom. The highest BCUT2D eigenvalue weighted by Gasteiger charge is 2.07. The van der Waals surface area contributed by atoms with Gasteiger partial charge in [-0.05, 0) is 49.1 Å². The molecule has 0 atom stereocenters. The van der Waals surface area contributed by atoms with Crippen LogP contribution in [0.1, 0.15) is 29.2 Å². The van der Waals surface area contributed by atoms with Gasteiger partial charge < -0.3 is 10.6 Å². The lowest BCUT2D eigenvalue weighted by molar-refractivity contribution is -0.115. The van der Waals surface area contributed by atoms with Gasteiger partial charge in [0.1, 0.15) is 5.82 Å². The lowest BCUT2D eigenvalue weighted by atomic mass is 10.1. The first-order chi connectivity index (χ1) is 13.0. The fourth-order valence-electron chi connectivity index (χ4n) is 2.97. The highest BCUT2D eigenvalue weighted by Crippen LogP contribution is 2.25. The molecule has 0 aliphatic rings. The molecule has 0 spiro atoms. The van der Waals surface area contributed by atoms with Crippen LogP contribution in [0.3, 0.4) is 0 Å². The lowest BCUT2D eigenvalue weighted by Gasteiger charge is -2.14. The van der Waals surface area contributed by atoms with Crippen LogP contribution in [0.25, 0.3) is 0 Å². The van der Waals surface area contributed by atoms with Crippen molar-refractivity contribution in [2.75, 3.05) is 10.6 Å². The SMILES string of the molecule is CCc1cccc(C)c1Nc1ccc(NC(=O)Cc2ccc(C)cc2)cn1. The Morgan fingerprint density at radius 2 is 1.78 bits per heavy atom. The summed E-state index contributed by atoms with van der Waals surface area (Å²) in [5.74, 6) is 0.712. The number of anilines is 3. The molecule has 3 rings (SSSR count). The molecule has 27 heavy (non-hydrogen) atoms. The highest BCUT2D eigenvalue weighted by molar-refractivity contribution is 5.92. The number of hydrogen-bond acceptors (Lipinski definition) is 3. The van der Waals surface area contributed by atoms with E-state index in [2.05, 4.69) is 47.7 Å². The summed E-state index contributed by atoms with van der Waals surface area (Å²) in [5, 5.41) is 6.29. The van der Waals surface area contributed by atoms with Gasteiger partial charge in [-0.25, -0.2) is 4.98 Å². The van der Waals surface area contributed by atoms with Crippen LogP contribution in [0.5, 0.6) is 0 Å². The number of para-hydroxylation sites is 1. The molecule has 0 aliphatic carbocycles. The average molecular weight is 359 g/mol. The van der Waals surface area contributed by atoms with Gasteiger partial charge in [-0.15, -0.1) is 0 Å². The third kappa shape index (κ3) is 4.94. The zero-order valence-electron chi connectivity index (χ0n) is 16.0. The molecule has 1 aromatic heterocycles. The minimum Gasteiger partial charge on any atom is -0.340 e. The number of nitrogens with zero attached hydrogens (tertiary/aromatic N) is 1. The minimum atomic E-state index is -0.0477. The van der Waals surface area contributed by atoms with E-state index >= 15 is 0 Å². The second-order valence-electron chi connectivity index (χ2n) is 6.73. The van der Waals surface area contributed by atoms with E-state index in [4.69, 9.17) is 0 Å². The number of aryl methyl sites for hydroxylation is 3. The van der Waals surface area contributed by atoms with Gasteiger partial charge in [0.2, 0.25) is 5.91 Å². The number of hydrogen-bond donors (Lipinski definition) is 2. The minimum absolute atomic E-state index is 0.0477. The Labute approximate surface area is 160 Å². The van der Waals surface area contributed by atoms with Crippen LogP contribution >= 0.6 is 0 Å². The summed E-state index contributed by atoms with van der Waals surface area (Å²) in [4.78, 5) is 16.7. The number of aromatic nitrogens is 1. The summed E-state index contributed by atoms with van der Waals surface area (Å²) in [5.41, 5.74) is 6.42. The fraction of sp³-hybridized carbons (Fsp3) is 0.217. The van der Waals surface area contributed by atoms with Gasteiger partial charge in [0.15, 0.2) is 0 Å². The molecule has 1 heterocycles. The Balaban J connectivity index is 1.63. The van der Waals surface area contributed by atoms with Crippen LogP contribution in [0.4, 0.5) is 17.2 Å². The first-order valence-corrected chi connectivity index (χ1v) is 9.22. The van der Waals surface area contributed by atoms with E-state index in [1.165, 1.54) is 16.7 Å². The maximum absolute atomic E-state index is 12.2. The molecule has 0 unspecified atom stereocenters. The van der Waals surface area contributed by atoms with Gasteiger partial charge in [-0.3, -0.25) is 4.79 Å². The molecule has 0 radical (unpaired) electrons. The topological polar surface area (TPSA) is 54.0 Å². The Hall–Kier alpha value is -3.14. The van der Waals surface area contributed by atoms with Crippen LogP contribution < -0.4 is 10.6 Å². The largest absolute Gasteiger partial charge is 0.340 e. The summed E-state index contributed by atoms with van der Waals surface area (Å²) in [7, 11) is 0. The lowest BCUT2D eigenvalue weighted by Crippen LogP contribution is -2.14. The van der Waals surface area contributed by atoms with E-state index in [0.717, 1.165) is 23.5 Å². The standard InChI is InChI=1S/C23H25N3O/c1-4-19-7-5-6-17(3)23(19)26-21-13-12-20(15-24-21)25-22(27)14-18-10-8-16(2)9-11-18/h5-13,15H,4,14H2,1-3H3,(H,24,26)(H,25,27). The molecule has 138 valence electrons.